The Labute approximate surface area is 145 Å². The summed E-state index contributed by atoms with van der Waals surface area (Å²) in [5.41, 5.74) is 3.03. The number of carbonyl (C=O) groups excluding carboxylic acids is 2. The second kappa shape index (κ2) is 7.14. The van der Waals surface area contributed by atoms with Crippen molar-refractivity contribution in [1.82, 2.24) is 4.90 Å². The minimum Gasteiger partial charge on any atom is -0.508 e. The zero-order valence-corrected chi connectivity index (χ0v) is 14.2. The van der Waals surface area contributed by atoms with Crippen molar-refractivity contribution in [2.75, 3.05) is 32.1 Å². The van der Waals surface area contributed by atoms with Crippen LogP contribution in [0.3, 0.4) is 0 Å². The molecule has 0 spiro atoms. The Kier molecular flexibility index (Phi) is 4.94. The molecule has 0 bridgehead atoms. The standard InChI is InChI=1S/C18H22N2O5/c1-25-18(24)13-10-20(8-9-21)17(23)16(13)19-14-6-7-15(22)12-5-3-2-4-11(12)14/h6-7,19,21-22H,2-5,8-10H2,1H3. The van der Waals surface area contributed by atoms with E-state index >= 15 is 0 Å². The third-order valence-corrected chi connectivity index (χ3v) is 4.72. The van der Waals surface area contributed by atoms with Gasteiger partial charge in [-0.3, -0.25) is 4.79 Å². The number of ether oxygens (including phenoxy) is 1. The van der Waals surface area contributed by atoms with Crippen molar-refractivity contribution in [3.63, 3.8) is 0 Å². The Morgan fingerprint density at radius 1 is 1.28 bits per heavy atom. The highest BCUT2D eigenvalue weighted by Crippen LogP contribution is 2.35. The maximum Gasteiger partial charge on any atom is 0.337 e. The van der Waals surface area contributed by atoms with Gasteiger partial charge in [0.2, 0.25) is 0 Å². The van der Waals surface area contributed by atoms with Gasteiger partial charge in [-0.2, -0.15) is 0 Å². The summed E-state index contributed by atoms with van der Waals surface area (Å²) in [4.78, 5) is 26.1. The number of benzene rings is 1. The van der Waals surface area contributed by atoms with Crippen LogP contribution in [0.4, 0.5) is 5.69 Å². The highest BCUT2D eigenvalue weighted by Gasteiger charge is 2.35. The summed E-state index contributed by atoms with van der Waals surface area (Å²) < 4.78 is 4.79. The number of methoxy groups -OCH3 is 1. The first-order chi connectivity index (χ1) is 12.1. The van der Waals surface area contributed by atoms with Crippen LogP contribution in [0.15, 0.2) is 23.4 Å². The first-order valence-corrected chi connectivity index (χ1v) is 8.39. The molecule has 0 fully saturated rings. The highest BCUT2D eigenvalue weighted by atomic mass is 16.5. The number of aliphatic hydroxyl groups excluding tert-OH is 1. The zero-order chi connectivity index (χ0) is 18.0. The van der Waals surface area contributed by atoms with Crippen LogP contribution in [0.2, 0.25) is 0 Å². The molecule has 7 heteroatoms. The molecule has 0 unspecified atom stereocenters. The maximum absolute atomic E-state index is 12.6. The first-order valence-electron chi connectivity index (χ1n) is 8.39. The molecule has 3 rings (SSSR count). The second-order valence-electron chi connectivity index (χ2n) is 6.22. The fourth-order valence-corrected chi connectivity index (χ4v) is 3.45. The van der Waals surface area contributed by atoms with E-state index in [4.69, 9.17) is 9.84 Å². The summed E-state index contributed by atoms with van der Waals surface area (Å²) in [5, 5.41) is 22.3. The van der Waals surface area contributed by atoms with Crippen LogP contribution in [-0.2, 0) is 27.2 Å². The predicted molar refractivity (Wildman–Crippen MR) is 91.1 cm³/mol. The molecule has 25 heavy (non-hydrogen) atoms. The number of anilines is 1. The fourth-order valence-electron chi connectivity index (χ4n) is 3.45. The zero-order valence-electron chi connectivity index (χ0n) is 14.2. The van der Waals surface area contributed by atoms with Gasteiger partial charge < -0.3 is 25.2 Å². The molecule has 0 radical (unpaired) electrons. The third kappa shape index (κ3) is 3.19. The summed E-state index contributed by atoms with van der Waals surface area (Å²) in [7, 11) is 1.27. The van der Waals surface area contributed by atoms with Crippen molar-refractivity contribution < 1.29 is 24.5 Å². The number of fused-ring (bicyclic) bond motifs is 1. The molecular weight excluding hydrogens is 324 g/mol. The van der Waals surface area contributed by atoms with Gasteiger partial charge >= 0.3 is 5.97 Å². The maximum atomic E-state index is 12.6. The Morgan fingerprint density at radius 2 is 2.00 bits per heavy atom. The molecule has 0 saturated carbocycles. The monoisotopic (exact) mass is 346 g/mol. The molecule has 134 valence electrons. The smallest absolute Gasteiger partial charge is 0.337 e. The quantitative estimate of drug-likeness (QED) is 0.542. The van der Waals surface area contributed by atoms with Gasteiger partial charge in [-0.25, -0.2) is 4.79 Å². The number of esters is 1. The van der Waals surface area contributed by atoms with Crippen LogP contribution in [-0.4, -0.2) is 53.8 Å². The van der Waals surface area contributed by atoms with Crippen LogP contribution < -0.4 is 5.32 Å². The largest absolute Gasteiger partial charge is 0.508 e. The van der Waals surface area contributed by atoms with Crippen LogP contribution in [0.1, 0.15) is 24.0 Å². The first kappa shape index (κ1) is 17.3. The SMILES string of the molecule is COC(=O)C1=C(Nc2ccc(O)c3c2CCCC3)C(=O)N(CCO)C1. The van der Waals surface area contributed by atoms with Crippen LogP contribution >= 0.6 is 0 Å². The summed E-state index contributed by atoms with van der Waals surface area (Å²) in [6, 6.07) is 3.33. The van der Waals surface area contributed by atoms with Crippen LogP contribution in [0.25, 0.3) is 0 Å². The third-order valence-electron chi connectivity index (χ3n) is 4.72. The summed E-state index contributed by atoms with van der Waals surface area (Å²) in [5.74, 6) is -0.641. The van der Waals surface area contributed by atoms with E-state index in [1.54, 1.807) is 12.1 Å². The number of aromatic hydroxyl groups is 1. The number of nitrogens with zero attached hydrogens (tertiary/aromatic N) is 1. The van der Waals surface area contributed by atoms with Gasteiger partial charge in [-0.05, 0) is 48.9 Å². The average molecular weight is 346 g/mol. The van der Waals surface area contributed by atoms with Crippen molar-refractivity contribution in [2.45, 2.75) is 25.7 Å². The summed E-state index contributed by atoms with van der Waals surface area (Å²) >= 11 is 0. The van der Waals surface area contributed by atoms with E-state index in [2.05, 4.69) is 5.32 Å². The van der Waals surface area contributed by atoms with Crippen molar-refractivity contribution in [3.8, 4) is 5.75 Å². The van der Waals surface area contributed by atoms with Gasteiger partial charge in [0.05, 0.1) is 25.8 Å². The van der Waals surface area contributed by atoms with Crippen LogP contribution in [0.5, 0.6) is 5.75 Å². The van der Waals surface area contributed by atoms with E-state index in [1.165, 1.54) is 12.0 Å². The van der Waals surface area contributed by atoms with Crippen molar-refractivity contribution >= 4 is 17.6 Å². The lowest BCUT2D eigenvalue weighted by Crippen LogP contribution is -2.31. The van der Waals surface area contributed by atoms with Gasteiger partial charge in [0.25, 0.3) is 5.91 Å². The number of β-amino-alcohol motifs (C(OH)–C–C–N with tert-alkyl or cyclic N) is 1. The lowest BCUT2D eigenvalue weighted by Gasteiger charge is -2.22. The van der Waals surface area contributed by atoms with E-state index in [0.717, 1.165) is 42.5 Å². The van der Waals surface area contributed by atoms with E-state index in [9.17, 15) is 14.7 Å². The number of nitrogens with one attached hydrogen (secondary N) is 1. The van der Waals surface area contributed by atoms with Crippen molar-refractivity contribution in [3.05, 3.63) is 34.5 Å². The van der Waals surface area contributed by atoms with Gasteiger partial charge in [-0.1, -0.05) is 0 Å². The number of hydrogen-bond donors (Lipinski definition) is 3. The Bertz CT molecular complexity index is 741. The molecule has 1 aliphatic heterocycles. The lowest BCUT2D eigenvalue weighted by atomic mass is 9.89. The molecule has 2 aliphatic rings. The highest BCUT2D eigenvalue weighted by molar-refractivity contribution is 6.08. The Hall–Kier alpha value is -2.54. The normalized spacial score (nSPS) is 16.9. The molecule has 3 N–H and O–H groups in total. The van der Waals surface area contributed by atoms with Crippen molar-refractivity contribution in [1.29, 1.82) is 0 Å². The fraction of sp³-hybridized carbons (Fsp3) is 0.444. The molecule has 0 atom stereocenters. The average Bonchev–Trinajstić information content (AvgIpc) is 2.93. The summed E-state index contributed by atoms with van der Waals surface area (Å²) in [6.45, 7) is 0.0783. The van der Waals surface area contributed by atoms with Gasteiger partial charge in [0.1, 0.15) is 11.4 Å². The molecule has 1 amide bonds. The van der Waals surface area contributed by atoms with E-state index < -0.39 is 5.97 Å². The van der Waals surface area contributed by atoms with E-state index in [-0.39, 0.29) is 42.6 Å². The number of phenols is 1. The minimum atomic E-state index is -0.566. The minimum absolute atomic E-state index is 0.106. The van der Waals surface area contributed by atoms with Gasteiger partial charge in [0, 0.05) is 12.2 Å². The number of amides is 1. The number of carbonyl (C=O) groups is 2. The molecule has 1 aliphatic carbocycles. The molecule has 7 nitrogen and oxygen atoms in total. The molecule has 0 aromatic heterocycles. The van der Waals surface area contributed by atoms with Crippen LogP contribution in [0, 0.1) is 0 Å². The number of aliphatic hydroxyl groups is 1. The topological polar surface area (TPSA) is 99.1 Å². The summed E-state index contributed by atoms with van der Waals surface area (Å²) in [6.07, 6.45) is 3.63. The van der Waals surface area contributed by atoms with E-state index in [0.29, 0.717) is 0 Å². The molecule has 1 heterocycles. The number of rotatable bonds is 5. The Morgan fingerprint density at radius 3 is 2.68 bits per heavy atom. The van der Waals surface area contributed by atoms with E-state index in [1.807, 2.05) is 0 Å². The lowest BCUT2D eigenvalue weighted by molar-refractivity contribution is -0.136. The van der Waals surface area contributed by atoms with Crippen molar-refractivity contribution in [2.24, 2.45) is 0 Å². The molecule has 1 aromatic carbocycles. The molecule has 0 saturated heterocycles. The predicted octanol–water partition coefficient (Wildman–Crippen LogP) is 0.945. The number of hydrogen-bond acceptors (Lipinski definition) is 6. The number of phenolic OH excluding ortho intramolecular Hbond substituents is 1. The molecule has 1 aromatic rings. The van der Waals surface area contributed by atoms with Gasteiger partial charge in [0.15, 0.2) is 0 Å². The molecular formula is C18H22N2O5. The van der Waals surface area contributed by atoms with Gasteiger partial charge in [-0.15, -0.1) is 0 Å². The Balaban J connectivity index is 1.97. The second-order valence-corrected chi connectivity index (χ2v) is 6.22.